The Kier molecular flexibility index (Phi) is 8.08. The maximum atomic E-state index is 12.6. The molecule has 0 N–H and O–H groups in total. The quantitative estimate of drug-likeness (QED) is 0.514. The number of aromatic nitrogens is 2. The van der Waals surface area contributed by atoms with Crippen LogP contribution in [0.1, 0.15) is 76.5 Å². The van der Waals surface area contributed by atoms with E-state index in [1.54, 1.807) is 7.11 Å². The number of carbonyl (C=O) groups is 1. The zero-order valence-corrected chi connectivity index (χ0v) is 17.7. The summed E-state index contributed by atoms with van der Waals surface area (Å²) in [7, 11) is 1.64. The Bertz CT molecular complexity index is 774. The second kappa shape index (κ2) is 11.0. The number of carbonyl (C=O) groups excluding carboxylic acids is 1. The molecule has 0 radical (unpaired) electrons. The zero-order valence-electron chi connectivity index (χ0n) is 17.7. The zero-order chi connectivity index (χ0) is 20.5. The first kappa shape index (κ1) is 21.3. The summed E-state index contributed by atoms with van der Waals surface area (Å²) in [5.41, 5.74) is 0.867. The fourth-order valence-corrected chi connectivity index (χ4v) is 3.90. The van der Waals surface area contributed by atoms with Crippen LogP contribution in [0.2, 0.25) is 0 Å². The molecule has 6 heteroatoms. The molecule has 1 atom stereocenters. The molecule has 1 saturated heterocycles. The molecule has 1 unspecified atom stereocenters. The molecule has 158 valence electrons. The summed E-state index contributed by atoms with van der Waals surface area (Å²) >= 11 is 0. The molecule has 1 aliphatic rings. The molecule has 1 aromatic heterocycles. The molecule has 2 heterocycles. The molecule has 0 spiro atoms. The van der Waals surface area contributed by atoms with Crippen LogP contribution in [-0.2, 0) is 4.79 Å². The highest BCUT2D eigenvalue weighted by atomic mass is 16.5. The molecule has 0 aliphatic carbocycles. The third-order valence-electron chi connectivity index (χ3n) is 5.64. The van der Waals surface area contributed by atoms with Gasteiger partial charge in [-0.15, -0.1) is 0 Å². The Hall–Kier alpha value is -2.37. The van der Waals surface area contributed by atoms with Gasteiger partial charge >= 0.3 is 0 Å². The fraction of sp³-hybridized carbons (Fsp3) is 0.609. The number of ether oxygens (including phenoxy) is 1. The molecule has 2 aromatic rings. The second-order valence-electron chi connectivity index (χ2n) is 7.88. The summed E-state index contributed by atoms with van der Waals surface area (Å²) in [6, 6.07) is 7.63. The Morgan fingerprint density at radius 1 is 1.24 bits per heavy atom. The lowest BCUT2D eigenvalue weighted by molar-refractivity contribution is -0.132. The number of unbranched alkanes of at least 4 members (excludes halogenated alkanes) is 5. The average molecular weight is 400 g/mol. The fourth-order valence-electron chi connectivity index (χ4n) is 3.90. The summed E-state index contributed by atoms with van der Waals surface area (Å²) in [6.07, 6.45) is 9.80. The first-order valence-corrected chi connectivity index (χ1v) is 11.0. The van der Waals surface area contributed by atoms with E-state index >= 15 is 0 Å². The van der Waals surface area contributed by atoms with Gasteiger partial charge in [-0.1, -0.05) is 56.3 Å². The number of nitrogens with zero attached hydrogens (tertiary/aromatic N) is 3. The lowest BCUT2D eigenvalue weighted by Gasteiger charge is -2.31. The SMILES string of the molecule is CCCCCCCCC(=O)N1CCCC(c2nc(-c3cccc(OC)c3)no2)C1. The van der Waals surface area contributed by atoms with Gasteiger partial charge in [0.05, 0.1) is 13.0 Å². The van der Waals surface area contributed by atoms with Crippen LogP contribution in [0.15, 0.2) is 28.8 Å². The summed E-state index contributed by atoms with van der Waals surface area (Å²) < 4.78 is 10.8. The topological polar surface area (TPSA) is 68.5 Å². The van der Waals surface area contributed by atoms with Crippen molar-refractivity contribution >= 4 is 5.91 Å². The van der Waals surface area contributed by atoms with E-state index in [4.69, 9.17) is 9.26 Å². The van der Waals surface area contributed by atoms with E-state index in [0.29, 0.717) is 24.7 Å². The second-order valence-corrected chi connectivity index (χ2v) is 7.88. The van der Waals surface area contributed by atoms with Crippen LogP contribution >= 0.6 is 0 Å². The minimum Gasteiger partial charge on any atom is -0.497 e. The van der Waals surface area contributed by atoms with Crippen molar-refractivity contribution in [2.75, 3.05) is 20.2 Å². The van der Waals surface area contributed by atoms with Gasteiger partial charge in [-0.05, 0) is 31.4 Å². The van der Waals surface area contributed by atoms with Crippen molar-refractivity contribution in [2.45, 2.75) is 70.6 Å². The van der Waals surface area contributed by atoms with E-state index in [2.05, 4.69) is 17.1 Å². The summed E-state index contributed by atoms with van der Waals surface area (Å²) in [6.45, 7) is 3.73. The number of hydrogen-bond acceptors (Lipinski definition) is 5. The van der Waals surface area contributed by atoms with Crippen LogP contribution in [0, 0.1) is 0 Å². The van der Waals surface area contributed by atoms with Crippen molar-refractivity contribution in [3.8, 4) is 17.1 Å². The molecule has 0 bridgehead atoms. The van der Waals surface area contributed by atoms with Gasteiger partial charge in [0, 0.05) is 25.1 Å². The van der Waals surface area contributed by atoms with Crippen LogP contribution in [0.3, 0.4) is 0 Å². The maximum absolute atomic E-state index is 12.6. The number of piperidine rings is 1. The maximum Gasteiger partial charge on any atom is 0.231 e. The van der Waals surface area contributed by atoms with E-state index in [1.165, 1.54) is 25.7 Å². The number of likely N-dealkylation sites (tertiary alicyclic amines) is 1. The molecule has 1 fully saturated rings. The highest BCUT2D eigenvalue weighted by molar-refractivity contribution is 5.76. The Morgan fingerprint density at radius 3 is 2.90 bits per heavy atom. The smallest absolute Gasteiger partial charge is 0.231 e. The number of rotatable bonds is 10. The Balaban J connectivity index is 1.53. The largest absolute Gasteiger partial charge is 0.497 e. The minimum atomic E-state index is 0.115. The predicted molar refractivity (Wildman–Crippen MR) is 113 cm³/mol. The molecule has 1 amide bonds. The molecule has 0 saturated carbocycles. The monoisotopic (exact) mass is 399 g/mol. The van der Waals surface area contributed by atoms with Gasteiger partial charge in [-0.2, -0.15) is 4.98 Å². The third kappa shape index (κ3) is 6.05. The van der Waals surface area contributed by atoms with Crippen molar-refractivity contribution < 1.29 is 14.1 Å². The van der Waals surface area contributed by atoms with Crippen molar-refractivity contribution in [3.63, 3.8) is 0 Å². The molecular weight excluding hydrogens is 366 g/mol. The lowest BCUT2D eigenvalue weighted by atomic mass is 9.97. The van der Waals surface area contributed by atoms with E-state index in [9.17, 15) is 4.79 Å². The van der Waals surface area contributed by atoms with Crippen LogP contribution in [0.5, 0.6) is 5.75 Å². The van der Waals surface area contributed by atoms with E-state index in [0.717, 1.165) is 43.5 Å². The molecular formula is C23H33N3O3. The van der Waals surface area contributed by atoms with Gasteiger partial charge in [0.25, 0.3) is 0 Å². The van der Waals surface area contributed by atoms with Gasteiger partial charge in [0.15, 0.2) is 0 Å². The number of benzene rings is 1. The highest BCUT2D eigenvalue weighted by Crippen LogP contribution is 2.29. The molecule has 1 aromatic carbocycles. The minimum absolute atomic E-state index is 0.115. The van der Waals surface area contributed by atoms with Crippen LogP contribution in [0.4, 0.5) is 0 Å². The van der Waals surface area contributed by atoms with Gasteiger partial charge in [0.1, 0.15) is 5.75 Å². The highest BCUT2D eigenvalue weighted by Gasteiger charge is 2.28. The molecule has 1 aliphatic heterocycles. The van der Waals surface area contributed by atoms with Gasteiger partial charge in [-0.25, -0.2) is 0 Å². The summed E-state index contributed by atoms with van der Waals surface area (Å²) in [4.78, 5) is 19.2. The molecule has 6 nitrogen and oxygen atoms in total. The number of methoxy groups -OCH3 is 1. The van der Waals surface area contributed by atoms with Crippen molar-refractivity contribution in [1.82, 2.24) is 15.0 Å². The molecule has 3 rings (SSSR count). The van der Waals surface area contributed by atoms with E-state index in [1.807, 2.05) is 29.2 Å². The van der Waals surface area contributed by atoms with Gasteiger partial charge in [-0.3, -0.25) is 4.79 Å². The summed E-state index contributed by atoms with van der Waals surface area (Å²) in [5, 5.41) is 4.15. The van der Waals surface area contributed by atoms with Crippen molar-refractivity contribution in [3.05, 3.63) is 30.2 Å². The Labute approximate surface area is 173 Å². The van der Waals surface area contributed by atoms with Crippen molar-refractivity contribution in [2.24, 2.45) is 0 Å². The first-order chi connectivity index (χ1) is 14.2. The predicted octanol–water partition coefficient (Wildman–Crippen LogP) is 5.20. The number of hydrogen-bond donors (Lipinski definition) is 0. The summed E-state index contributed by atoms with van der Waals surface area (Å²) in [5.74, 6) is 2.33. The standard InChI is InChI=1S/C23H33N3O3/c1-3-4-5-6-7-8-14-21(27)26-15-10-12-19(17-26)23-24-22(25-29-23)18-11-9-13-20(16-18)28-2/h9,11,13,16,19H,3-8,10,12,14-15,17H2,1-2H3. The Morgan fingerprint density at radius 2 is 2.07 bits per heavy atom. The van der Waals surface area contributed by atoms with Crippen LogP contribution < -0.4 is 4.74 Å². The van der Waals surface area contributed by atoms with Crippen LogP contribution in [-0.4, -0.2) is 41.1 Å². The first-order valence-electron chi connectivity index (χ1n) is 11.0. The normalized spacial score (nSPS) is 16.8. The average Bonchev–Trinajstić information content (AvgIpc) is 3.26. The van der Waals surface area contributed by atoms with Crippen LogP contribution in [0.25, 0.3) is 11.4 Å². The third-order valence-corrected chi connectivity index (χ3v) is 5.64. The van der Waals surface area contributed by atoms with Gasteiger partial charge in [0.2, 0.25) is 17.6 Å². The molecule has 29 heavy (non-hydrogen) atoms. The van der Waals surface area contributed by atoms with Gasteiger partial charge < -0.3 is 14.2 Å². The van der Waals surface area contributed by atoms with E-state index in [-0.39, 0.29) is 11.8 Å². The van der Waals surface area contributed by atoms with Crippen molar-refractivity contribution in [1.29, 1.82) is 0 Å². The lowest BCUT2D eigenvalue weighted by Crippen LogP contribution is -2.39. The van der Waals surface area contributed by atoms with E-state index < -0.39 is 0 Å². The number of amides is 1.